The molecule has 1 atom stereocenters. The van der Waals surface area contributed by atoms with Gasteiger partial charge in [-0.15, -0.1) is 0 Å². The summed E-state index contributed by atoms with van der Waals surface area (Å²) in [5, 5.41) is 8.73. The third-order valence-electron chi connectivity index (χ3n) is 0.841. The van der Waals surface area contributed by atoms with E-state index in [9.17, 15) is 0 Å². The van der Waals surface area contributed by atoms with Gasteiger partial charge in [-0.3, -0.25) is 0 Å². The minimum Gasteiger partial charge on any atom is -0.392 e. The Hall–Kier alpha value is -0.160. The summed E-state index contributed by atoms with van der Waals surface area (Å²) in [5.41, 5.74) is 5.07. The van der Waals surface area contributed by atoms with E-state index in [1.807, 2.05) is 0 Å². The molecule has 0 saturated carbocycles. The summed E-state index contributed by atoms with van der Waals surface area (Å²) >= 11 is 0. The molecule has 4 nitrogen and oxygen atoms in total. The van der Waals surface area contributed by atoms with Gasteiger partial charge in [-0.1, -0.05) is 0 Å². The van der Waals surface area contributed by atoms with Crippen LogP contribution in [0.3, 0.4) is 0 Å². The highest BCUT2D eigenvalue weighted by molar-refractivity contribution is 4.52. The maximum atomic E-state index is 8.73. The molecule has 0 fully saturated rings. The standard InChI is InChI=1S/C4H12N2O2/c5-3-4(7)1-2-8-6/h4,7H,1-3,5-6H2/t4-/m0/s1. The fraction of sp³-hybridized carbons (Fsp3) is 1.00. The minimum atomic E-state index is -0.474. The molecule has 4 heteroatoms. The van der Waals surface area contributed by atoms with Gasteiger partial charge in [0.05, 0.1) is 12.7 Å². The Balaban J connectivity index is 2.86. The van der Waals surface area contributed by atoms with Crippen LogP contribution in [0, 0.1) is 0 Å². The summed E-state index contributed by atoms with van der Waals surface area (Å²) in [6.07, 6.45) is 0.0334. The summed E-state index contributed by atoms with van der Waals surface area (Å²) < 4.78 is 0. The molecular formula is C4H12N2O2. The number of nitrogens with two attached hydrogens (primary N) is 2. The van der Waals surface area contributed by atoms with Gasteiger partial charge in [-0.25, -0.2) is 5.90 Å². The van der Waals surface area contributed by atoms with Crippen molar-refractivity contribution in [2.24, 2.45) is 11.6 Å². The van der Waals surface area contributed by atoms with Crippen LogP contribution in [0.15, 0.2) is 0 Å². The molecule has 0 rings (SSSR count). The van der Waals surface area contributed by atoms with E-state index < -0.39 is 6.10 Å². The lowest BCUT2D eigenvalue weighted by atomic mass is 10.3. The second-order valence-electron chi connectivity index (χ2n) is 1.55. The molecule has 0 aliphatic carbocycles. The lowest BCUT2D eigenvalue weighted by Gasteiger charge is -2.03. The van der Waals surface area contributed by atoms with Gasteiger partial charge in [0.1, 0.15) is 0 Å². The molecule has 0 aliphatic rings. The van der Waals surface area contributed by atoms with Crippen LogP contribution in [0.5, 0.6) is 0 Å². The summed E-state index contributed by atoms with van der Waals surface area (Å²) in [5.74, 6) is 4.68. The minimum absolute atomic E-state index is 0.267. The largest absolute Gasteiger partial charge is 0.392 e. The average molecular weight is 120 g/mol. The van der Waals surface area contributed by atoms with Crippen LogP contribution < -0.4 is 11.6 Å². The van der Waals surface area contributed by atoms with E-state index in [0.29, 0.717) is 13.0 Å². The molecule has 50 valence electrons. The first kappa shape index (κ1) is 7.84. The molecule has 0 aromatic heterocycles. The van der Waals surface area contributed by atoms with Crippen LogP contribution >= 0.6 is 0 Å². The van der Waals surface area contributed by atoms with E-state index in [1.165, 1.54) is 0 Å². The summed E-state index contributed by atoms with van der Waals surface area (Å²) in [4.78, 5) is 4.20. The van der Waals surface area contributed by atoms with E-state index in [-0.39, 0.29) is 6.54 Å². The van der Waals surface area contributed by atoms with Crippen molar-refractivity contribution in [1.29, 1.82) is 0 Å². The van der Waals surface area contributed by atoms with Gasteiger partial charge in [0.15, 0.2) is 0 Å². The van der Waals surface area contributed by atoms with Crippen molar-refractivity contribution in [2.75, 3.05) is 13.2 Å². The molecule has 8 heavy (non-hydrogen) atoms. The van der Waals surface area contributed by atoms with E-state index >= 15 is 0 Å². The predicted octanol–water partition coefficient (Wildman–Crippen LogP) is -1.41. The van der Waals surface area contributed by atoms with Crippen molar-refractivity contribution in [2.45, 2.75) is 12.5 Å². The maximum absolute atomic E-state index is 8.73. The summed E-state index contributed by atoms with van der Waals surface area (Å²) in [6, 6.07) is 0. The molecule has 5 N–H and O–H groups in total. The average Bonchev–Trinajstić information content (AvgIpc) is 1.83. The molecule has 0 amide bonds. The fourth-order valence-electron chi connectivity index (χ4n) is 0.322. The van der Waals surface area contributed by atoms with Gasteiger partial charge in [0, 0.05) is 6.54 Å². The molecule has 0 bridgehead atoms. The molecule has 0 aromatic carbocycles. The fourth-order valence-corrected chi connectivity index (χ4v) is 0.322. The zero-order chi connectivity index (χ0) is 6.41. The molecule has 0 aromatic rings. The zero-order valence-corrected chi connectivity index (χ0v) is 4.71. The molecule has 0 heterocycles. The van der Waals surface area contributed by atoms with Crippen LogP contribution in [0.2, 0.25) is 0 Å². The number of aliphatic hydroxyl groups is 1. The molecule has 0 unspecified atom stereocenters. The van der Waals surface area contributed by atoms with E-state index in [2.05, 4.69) is 10.7 Å². The molecule has 0 aliphatic heterocycles. The van der Waals surface area contributed by atoms with Crippen molar-refractivity contribution >= 4 is 0 Å². The van der Waals surface area contributed by atoms with Gasteiger partial charge < -0.3 is 15.7 Å². The quantitative estimate of drug-likeness (QED) is 0.398. The SMILES string of the molecule is NC[C@@H](O)CCON. The van der Waals surface area contributed by atoms with Gasteiger partial charge in [-0.2, -0.15) is 0 Å². The third kappa shape index (κ3) is 4.01. The Morgan fingerprint density at radius 1 is 1.62 bits per heavy atom. The summed E-state index contributed by atoms with van der Waals surface area (Å²) in [6.45, 7) is 0.627. The van der Waals surface area contributed by atoms with Gasteiger partial charge >= 0.3 is 0 Å². The Labute approximate surface area is 48.4 Å². The Bertz CT molecular complexity index is 51.3. The van der Waals surface area contributed by atoms with Gasteiger partial charge in [0.25, 0.3) is 0 Å². The molecule has 0 radical (unpaired) electrons. The maximum Gasteiger partial charge on any atom is 0.0704 e. The predicted molar refractivity (Wildman–Crippen MR) is 29.8 cm³/mol. The van der Waals surface area contributed by atoms with Crippen molar-refractivity contribution in [3.8, 4) is 0 Å². The van der Waals surface area contributed by atoms with E-state index in [4.69, 9.17) is 10.8 Å². The smallest absolute Gasteiger partial charge is 0.0704 e. The van der Waals surface area contributed by atoms with Crippen molar-refractivity contribution in [1.82, 2.24) is 0 Å². The second kappa shape index (κ2) is 4.99. The van der Waals surface area contributed by atoms with Crippen molar-refractivity contribution in [3.05, 3.63) is 0 Å². The monoisotopic (exact) mass is 120 g/mol. The summed E-state index contributed by atoms with van der Waals surface area (Å²) in [7, 11) is 0. The van der Waals surface area contributed by atoms with Crippen LogP contribution in [0.1, 0.15) is 6.42 Å². The normalized spacial score (nSPS) is 13.9. The highest BCUT2D eigenvalue weighted by Crippen LogP contribution is 1.85. The van der Waals surface area contributed by atoms with Crippen LogP contribution in [-0.2, 0) is 4.84 Å². The van der Waals surface area contributed by atoms with E-state index in [0.717, 1.165) is 0 Å². The highest BCUT2D eigenvalue weighted by atomic mass is 16.6. The van der Waals surface area contributed by atoms with Gasteiger partial charge in [0.2, 0.25) is 0 Å². The lowest BCUT2D eigenvalue weighted by Crippen LogP contribution is -2.21. The third-order valence-corrected chi connectivity index (χ3v) is 0.841. The van der Waals surface area contributed by atoms with Crippen LogP contribution in [0.4, 0.5) is 0 Å². The van der Waals surface area contributed by atoms with E-state index in [1.54, 1.807) is 0 Å². The number of hydrogen-bond donors (Lipinski definition) is 3. The van der Waals surface area contributed by atoms with Crippen molar-refractivity contribution < 1.29 is 9.94 Å². The number of hydrogen-bond acceptors (Lipinski definition) is 4. The Morgan fingerprint density at radius 3 is 2.62 bits per heavy atom. The van der Waals surface area contributed by atoms with Crippen LogP contribution in [0.25, 0.3) is 0 Å². The van der Waals surface area contributed by atoms with Gasteiger partial charge in [-0.05, 0) is 6.42 Å². The highest BCUT2D eigenvalue weighted by Gasteiger charge is 1.97. The molecule has 0 saturated heterocycles. The van der Waals surface area contributed by atoms with Crippen molar-refractivity contribution in [3.63, 3.8) is 0 Å². The zero-order valence-electron chi connectivity index (χ0n) is 4.71. The number of aliphatic hydroxyl groups excluding tert-OH is 1. The second-order valence-corrected chi connectivity index (χ2v) is 1.55. The number of rotatable bonds is 4. The molecular weight excluding hydrogens is 108 g/mol. The first-order chi connectivity index (χ1) is 3.81. The topological polar surface area (TPSA) is 81.5 Å². The Morgan fingerprint density at radius 2 is 2.25 bits per heavy atom. The van der Waals surface area contributed by atoms with Crippen LogP contribution in [-0.4, -0.2) is 24.4 Å². The first-order valence-corrected chi connectivity index (χ1v) is 2.51. The molecule has 0 spiro atoms. The Kier molecular flexibility index (Phi) is 4.89. The first-order valence-electron chi connectivity index (χ1n) is 2.51. The lowest BCUT2D eigenvalue weighted by molar-refractivity contribution is 0.0862.